The van der Waals surface area contributed by atoms with Crippen molar-refractivity contribution >= 4 is 0 Å². The maximum absolute atomic E-state index is 5.36. The summed E-state index contributed by atoms with van der Waals surface area (Å²) in [6.45, 7) is 9.09. The lowest BCUT2D eigenvalue weighted by molar-refractivity contribution is -0.343. The maximum atomic E-state index is 5.36. The molecule has 0 bridgehead atoms. The molecule has 1 rings (SSSR count). The van der Waals surface area contributed by atoms with Crippen molar-refractivity contribution in [3.8, 4) is 0 Å². The minimum absolute atomic E-state index is 0.122. The van der Waals surface area contributed by atoms with Crippen molar-refractivity contribution < 1.29 is 14.2 Å². The molecule has 0 aromatic carbocycles. The van der Waals surface area contributed by atoms with Crippen molar-refractivity contribution in [3.63, 3.8) is 0 Å². The first kappa shape index (κ1) is 9.96. The lowest BCUT2D eigenvalue weighted by Gasteiger charge is -2.34. The molecule has 0 radical (unpaired) electrons. The summed E-state index contributed by atoms with van der Waals surface area (Å²) in [7, 11) is 0. The van der Waals surface area contributed by atoms with E-state index in [0.717, 1.165) is 0 Å². The van der Waals surface area contributed by atoms with Crippen LogP contribution in [0.2, 0.25) is 0 Å². The minimum Gasteiger partial charge on any atom is -0.329 e. The third kappa shape index (κ3) is 3.09. The Labute approximate surface area is 74.0 Å². The van der Waals surface area contributed by atoms with E-state index in [2.05, 4.69) is 13.8 Å². The number of ether oxygens (including phenoxy) is 3. The molecular formula is C9H18O3. The van der Waals surface area contributed by atoms with Crippen LogP contribution in [0.25, 0.3) is 0 Å². The van der Waals surface area contributed by atoms with Gasteiger partial charge in [-0.3, -0.25) is 0 Å². The molecule has 0 spiro atoms. The zero-order chi connectivity index (χ0) is 9.19. The molecule has 0 aromatic rings. The summed E-state index contributed by atoms with van der Waals surface area (Å²) in [6, 6.07) is 0. The van der Waals surface area contributed by atoms with Gasteiger partial charge in [0.05, 0.1) is 19.3 Å². The van der Waals surface area contributed by atoms with Crippen LogP contribution in [0, 0.1) is 5.41 Å². The molecule has 1 aliphatic heterocycles. The Morgan fingerprint density at radius 1 is 1.25 bits per heavy atom. The average molecular weight is 174 g/mol. The zero-order valence-electron chi connectivity index (χ0n) is 8.29. The van der Waals surface area contributed by atoms with Gasteiger partial charge < -0.3 is 14.2 Å². The van der Waals surface area contributed by atoms with E-state index < -0.39 is 6.48 Å². The maximum Gasteiger partial charge on any atom is 0.271 e. The molecule has 0 unspecified atom stereocenters. The standard InChI is InChI=1S/C9H18O3/c1-7(2)12-8-10-5-9(3,4)6-11-8/h7-8H,5-6H2,1-4H3. The largest absolute Gasteiger partial charge is 0.329 e. The van der Waals surface area contributed by atoms with Gasteiger partial charge in [-0.15, -0.1) is 0 Å². The van der Waals surface area contributed by atoms with E-state index >= 15 is 0 Å². The first-order valence-corrected chi connectivity index (χ1v) is 4.38. The predicted molar refractivity (Wildman–Crippen MR) is 45.7 cm³/mol. The summed E-state index contributed by atoms with van der Waals surface area (Å²) in [5, 5.41) is 0. The van der Waals surface area contributed by atoms with E-state index in [1.54, 1.807) is 0 Å². The fraction of sp³-hybridized carbons (Fsp3) is 1.00. The van der Waals surface area contributed by atoms with Gasteiger partial charge in [0.15, 0.2) is 0 Å². The number of hydrogen-bond acceptors (Lipinski definition) is 3. The van der Waals surface area contributed by atoms with Crippen molar-refractivity contribution in [2.75, 3.05) is 13.2 Å². The Kier molecular flexibility index (Phi) is 3.09. The second-order valence-electron chi connectivity index (χ2n) is 4.26. The van der Waals surface area contributed by atoms with Crippen LogP contribution >= 0.6 is 0 Å². The molecule has 72 valence electrons. The highest BCUT2D eigenvalue weighted by molar-refractivity contribution is 4.69. The third-order valence-electron chi connectivity index (χ3n) is 1.60. The van der Waals surface area contributed by atoms with Crippen LogP contribution < -0.4 is 0 Å². The fourth-order valence-electron chi connectivity index (χ4n) is 0.978. The van der Waals surface area contributed by atoms with Gasteiger partial charge in [0.2, 0.25) is 0 Å². The van der Waals surface area contributed by atoms with Crippen LogP contribution in [-0.4, -0.2) is 25.8 Å². The van der Waals surface area contributed by atoms with Gasteiger partial charge in [-0.2, -0.15) is 0 Å². The molecule has 0 aliphatic carbocycles. The van der Waals surface area contributed by atoms with Crippen LogP contribution in [0.1, 0.15) is 27.7 Å². The average Bonchev–Trinajstić information content (AvgIpc) is 1.93. The van der Waals surface area contributed by atoms with Crippen LogP contribution in [0.3, 0.4) is 0 Å². The van der Waals surface area contributed by atoms with E-state index in [4.69, 9.17) is 14.2 Å². The monoisotopic (exact) mass is 174 g/mol. The molecule has 0 aromatic heterocycles. The van der Waals surface area contributed by atoms with Crippen molar-refractivity contribution in [1.29, 1.82) is 0 Å². The van der Waals surface area contributed by atoms with Crippen molar-refractivity contribution in [2.45, 2.75) is 40.3 Å². The summed E-state index contributed by atoms with van der Waals surface area (Å²) in [5.74, 6) is 0. The molecule has 3 nitrogen and oxygen atoms in total. The van der Waals surface area contributed by atoms with Crippen molar-refractivity contribution in [3.05, 3.63) is 0 Å². The molecule has 0 atom stereocenters. The molecule has 0 saturated carbocycles. The summed E-state index contributed by atoms with van der Waals surface area (Å²) >= 11 is 0. The summed E-state index contributed by atoms with van der Waals surface area (Å²) in [4.78, 5) is 0. The molecule has 0 amide bonds. The van der Waals surface area contributed by atoms with E-state index in [1.807, 2.05) is 13.8 Å². The van der Waals surface area contributed by atoms with Crippen LogP contribution in [0.5, 0.6) is 0 Å². The lowest BCUT2D eigenvalue weighted by Crippen LogP contribution is -2.39. The second-order valence-corrected chi connectivity index (χ2v) is 4.26. The Morgan fingerprint density at radius 2 is 1.75 bits per heavy atom. The fourth-order valence-corrected chi connectivity index (χ4v) is 0.978. The number of hydrogen-bond donors (Lipinski definition) is 0. The quantitative estimate of drug-likeness (QED) is 0.638. The molecule has 1 heterocycles. The molecule has 1 fully saturated rings. The van der Waals surface area contributed by atoms with Gasteiger partial charge in [0.1, 0.15) is 0 Å². The van der Waals surface area contributed by atoms with Gasteiger partial charge in [0, 0.05) is 5.41 Å². The minimum atomic E-state index is -0.460. The first-order chi connectivity index (χ1) is 5.49. The summed E-state index contributed by atoms with van der Waals surface area (Å²) in [5.41, 5.74) is 0.122. The Hall–Kier alpha value is -0.120. The molecular weight excluding hydrogens is 156 g/mol. The lowest BCUT2D eigenvalue weighted by atomic mass is 9.96. The van der Waals surface area contributed by atoms with E-state index in [-0.39, 0.29) is 11.5 Å². The SMILES string of the molecule is CC(C)OC1OCC(C)(C)CO1. The van der Waals surface area contributed by atoms with Gasteiger partial charge in [-0.25, -0.2) is 0 Å². The summed E-state index contributed by atoms with van der Waals surface area (Å²) < 4.78 is 16.1. The summed E-state index contributed by atoms with van der Waals surface area (Å²) in [6.07, 6.45) is 0.149. The van der Waals surface area contributed by atoms with Gasteiger partial charge in [-0.1, -0.05) is 13.8 Å². The van der Waals surface area contributed by atoms with Crippen molar-refractivity contribution in [1.82, 2.24) is 0 Å². The van der Waals surface area contributed by atoms with Gasteiger partial charge >= 0.3 is 0 Å². The molecule has 12 heavy (non-hydrogen) atoms. The van der Waals surface area contributed by atoms with Crippen LogP contribution in [0.4, 0.5) is 0 Å². The normalized spacial score (nSPS) is 24.8. The van der Waals surface area contributed by atoms with Crippen molar-refractivity contribution in [2.24, 2.45) is 5.41 Å². The zero-order valence-corrected chi connectivity index (χ0v) is 8.29. The Morgan fingerprint density at radius 3 is 2.17 bits per heavy atom. The predicted octanol–water partition coefficient (Wildman–Crippen LogP) is 1.77. The third-order valence-corrected chi connectivity index (χ3v) is 1.60. The Balaban J connectivity index is 2.27. The highest BCUT2D eigenvalue weighted by atomic mass is 16.9. The Bertz CT molecular complexity index is 133. The number of rotatable bonds is 2. The van der Waals surface area contributed by atoms with E-state index in [1.165, 1.54) is 0 Å². The molecule has 1 saturated heterocycles. The van der Waals surface area contributed by atoms with Crippen LogP contribution in [-0.2, 0) is 14.2 Å². The first-order valence-electron chi connectivity index (χ1n) is 4.38. The van der Waals surface area contributed by atoms with Crippen LogP contribution in [0.15, 0.2) is 0 Å². The smallest absolute Gasteiger partial charge is 0.271 e. The molecule has 1 aliphatic rings. The topological polar surface area (TPSA) is 27.7 Å². The van der Waals surface area contributed by atoms with Gasteiger partial charge in [-0.05, 0) is 13.8 Å². The highest BCUT2D eigenvalue weighted by Crippen LogP contribution is 2.23. The van der Waals surface area contributed by atoms with E-state index in [9.17, 15) is 0 Å². The molecule has 3 heteroatoms. The highest BCUT2D eigenvalue weighted by Gasteiger charge is 2.29. The second kappa shape index (κ2) is 3.73. The van der Waals surface area contributed by atoms with Gasteiger partial charge in [0.25, 0.3) is 6.48 Å². The molecule has 0 N–H and O–H groups in total. The van der Waals surface area contributed by atoms with E-state index in [0.29, 0.717) is 13.2 Å².